The molecule has 0 fully saturated rings. The van der Waals surface area contributed by atoms with Gasteiger partial charge in [0.05, 0.1) is 26.7 Å². The summed E-state index contributed by atoms with van der Waals surface area (Å²) in [7, 11) is 2.39. The molecule has 0 saturated carbocycles. The molecule has 44 heavy (non-hydrogen) atoms. The van der Waals surface area contributed by atoms with Gasteiger partial charge in [0.15, 0.2) is 0 Å². The van der Waals surface area contributed by atoms with Crippen molar-refractivity contribution in [2.45, 2.75) is 193 Å². The minimum atomic E-state index is 0.167. The van der Waals surface area contributed by atoms with Gasteiger partial charge < -0.3 is 25.4 Å². The third-order valence-electron chi connectivity index (χ3n) is 9.50. The highest BCUT2D eigenvalue weighted by Crippen LogP contribution is 2.15. The number of likely N-dealkylation sites (N-methyl/N-ethyl adjacent to an activating group) is 1. The molecule has 0 bridgehead atoms. The van der Waals surface area contributed by atoms with Crippen molar-refractivity contribution in [2.75, 3.05) is 59.6 Å². The number of hydrogen-bond donors (Lipinski definition) is 2. The number of unbranched alkanes of at least 4 members (excludes halogenated alkanes) is 23. The van der Waals surface area contributed by atoms with Gasteiger partial charge >= 0.3 is 0 Å². The lowest BCUT2D eigenvalue weighted by Gasteiger charge is -2.37. The van der Waals surface area contributed by atoms with E-state index in [1.165, 1.54) is 161 Å². The normalized spacial score (nSPS) is 13.8. The van der Waals surface area contributed by atoms with Gasteiger partial charge in [-0.15, -0.1) is 0 Å². The molecule has 0 aliphatic heterocycles. The standard InChI is InChI=1S/C39H84N3O2/c1-4-6-8-10-12-14-16-18-20-22-24-28-35-43-38-39(37-42(3,34-30-32-41)33-27-26-31-40)44-36-29-25-23-21-19-17-15-13-11-9-7-5-2/h39H,4-38,40-41H2,1-3H3/q+1. The number of quaternary nitrogens is 1. The first-order valence-corrected chi connectivity index (χ1v) is 20.0. The summed E-state index contributed by atoms with van der Waals surface area (Å²) >= 11 is 0. The topological polar surface area (TPSA) is 70.5 Å². The molecule has 2 unspecified atom stereocenters. The Morgan fingerprint density at radius 2 is 0.841 bits per heavy atom. The second-order valence-corrected chi connectivity index (χ2v) is 14.2. The second-order valence-electron chi connectivity index (χ2n) is 14.2. The van der Waals surface area contributed by atoms with Crippen LogP contribution in [0.2, 0.25) is 0 Å². The van der Waals surface area contributed by atoms with Gasteiger partial charge in [-0.3, -0.25) is 0 Å². The van der Waals surface area contributed by atoms with Gasteiger partial charge in [0, 0.05) is 19.6 Å². The van der Waals surface area contributed by atoms with Crippen molar-refractivity contribution in [3.63, 3.8) is 0 Å². The highest BCUT2D eigenvalue weighted by Gasteiger charge is 2.26. The fraction of sp³-hybridized carbons (Fsp3) is 1.00. The van der Waals surface area contributed by atoms with Crippen molar-refractivity contribution in [1.29, 1.82) is 0 Å². The van der Waals surface area contributed by atoms with Crippen molar-refractivity contribution in [2.24, 2.45) is 11.5 Å². The van der Waals surface area contributed by atoms with Gasteiger partial charge in [-0.25, -0.2) is 0 Å². The van der Waals surface area contributed by atoms with E-state index in [1.54, 1.807) is 0 Å². The van der Waals surface area contributed by atoms with Crippen molar-refractivity contribution in [3.8, 4) is 0 Å². The molecule has 0 aromatic carbocycles. The number of nitrogens with two attached hydrogens (primary N) is 2. The van der Waals surface area contributed by atoms with E-state index in [9.17, 15) is 0 Å². The van der Waals surface area contributed by atoms with Crippen molar-refractivity contribution < 1.29 is 14.0 Å². The Balaban J connectivity index is 4.27. The van der Waals surface area contributed by atoms with E-state index in [0.717, 1.165) is 69.9 Å². The van der Waals surface area contributed by atoms with E-state index in [4.69, 9.17) is 20.9 Å². The molecule has 5 nitrogen and oxygen atoms in total. The Kier molecular flexibility index (Phi) is 35.5. The van der Waals surface area contributed by atoms with E-state index in [1.807, 2.05) is 0 Å². The van der Waals surface area contributed by atoms with Crippen molar-refractivity contribution in [1.82, 2.24) is 0 Å². The number of rotatable bonds is 38. The van der Waals surface area contributed by atoms with E-state index < -0.39 is 0 Å². The van der Waals surface area contributed by atoms with E-state index in [0.29, 0.717) is 0 Å². The quantitative estimate of drug-likeness (QED) is 0.0528. The molecule has 0 aromatic rings. The third kappa shape index (κ3) is 31.8. The zero-order valence-electron chi connectivity index (χ0n) is 30.7. The first-order valence-electron chi connectivity index (χ1n) is 20.0. The van der Waals surface area contributed by atoms with Crippen LogP contribution in [0.25, 0.3) is 0 Å². The maximum absolute atomic E-state index is 6.53. The summed E-state index contributed by atoms with van der Waals surface area (Å²) in [6.07, 6.45) is 36.6. The minimum Gasteiger partial charge on any atom is -0.379 e. The molecular weight excluding hydrogens is 542 g/mol. The maximum Gasteiger partial charge on any atom is 0.130 e. The average Bonchev–Trinajstić information content (AvgIpc) is 3.02. The SMILES string of the molecule is CCCCCCCCCCCCCCOCC(C[N+](C)(CCCN)CCCCN)OCCCCCCCCCCCCCC. The summed E-state index contributed by atoms with van der Waals surface area (Å²) in [5.41, 5.74) is 11.7. The Labute approximate surface area is 277 Å². The third-order valence-corrected chi connectivity index (χ3v) is 9.50. The first kappa shape index (κ1) is 43.8. The highest BCUT2D eigenvalue weighted by molar-refractivity contribution is 4.60. The van der Waals surface area contributed by atoms with Gasteiger partial charge in [0.1, 0.15) is 12.6 Å². The summed E-state index contributed by atoms with van der Waals surface area (Å²) in [6.45, 7) is 11.9. The lowest BCUT2D eigenvalue weighted by molar-refractivity contribution is -0.913. The lowest BCUT2D eigenvalue weighted by atomic mass is 10.1. The Bertz CT molecular complexity index is 535. The van der Waals surface area contributed by atoms with Crippen LogP contribution < -0.4 is 11.5 Å². The molecular formula is C39H84N3O2+. The maximum atomic E-state index is 6.53. The van der Waals surface area contributed by atoms with Crippen LogP contribution in [0.15, 0.2) is 0 Å². The highest BCUT2D eigenvalue weighted by atomic mass is 16.5. The van der Waals surface area contributed by atoms with Gasteiger partial charge in [0.25, 0.3) is 0 Å². The number of ether oxygens (including phenoxy) is 2. The molecule has 4 N–H and O–H groups in total. The lowest BCUT2D eigenvalue weighted by Crippen LogP contribution is -2.52. The van der Waals surface area contributed by atoms with Crippen LogP contribution in [0.1, 0.15) is 187 Å². The molecule has 5 heteroatoms. The largest absolute Gasteiger partial charge is 0.379 e. The molecule has 0 radical (unpaired) electrons. The predicted octanol–water partition coefficient (Wildman–Crippen LogP) is 10.3. The number of nitrogens with zero attached hydrogens (tertiary/aromatic N) is 1. The zero-order valence-corrected chi connectivity index (χ0v) is 30.7. The van der Waals surface area contributed by atoms with Crippen LogP contribution in [-0.4, -0.2) is 70.2 Å². The Morgan fingerprint density at radius 1 is 0.455 bits per heavy atom. The van der Waals surface area contributed by atoms with Crippen LogP contribution in [0, 0.1) is 0 Å². The molecule has 0 rings (SSSR count). The van der Waals surface area contributed by atoms with Crippen molar-refractivity contribution >= 4 is 0 Å². The molecule has 0 saturated heterocycles. The summed E-state index contributed by atoms with van der Waals surface area (Å²) < 4.78 is 13.8. The van der Waals surface area contributed by atoms with Crippen LogP contribution in [-0.2, 0) is 9.47 Å². The van der Waals surface area contributed by atoms with E-state index >= 15 is 0 Å². The number of hydrogen-bond acceptors (Lipinski definition) is 4. The van der Waals surface area contributed by atoms with Gasteiger partial charge in [-0.2, -0.15) is 0 Å². The molecule has 0 aliphatic rings. The summed E-state index contributed by atoms with van der Waals surface area (Å²) in [5, 5.41) is 0. The van der Waals surface area contributed by atoms with Crippen LogP contribution in [0.4, 0.5) is 0 Å². The zero-order chi connectivity index (χ0) is 32.2. The smallest absolute Gasteiger partial charge is 0.130 e. The molecule has 0 heterocycles. The fourth-order valence-electron chi connectivity index (χ4n) is 6.50. The monoisotopic (exact) mass is 627 g/mol. The molecule has 266 valence electrons. The molecule has 2 atom stereocenters. The summed E-state index contributed by atoms with van der Waals surface area (Å²) in [4.78, 5) is 0. The minimum absolute atomic E-state index is 0.167. The molecule has 0 amide bonds. The Hall–Kier alpha value is -0.200. The predicted molar refractivity (Wildman–Crippen MR) is 195 cm³/mol. The molecule has 0 spiro atoms. The first-order chi connectivity index (χ1) is 21.6. The van der Waals surface area contributed by atoms with E-state index in [2.05, 4.69) is 20.9 Å². The molecule has 0 aromatic heterocycles. The molecule has 0 aliphatic carbocycles. The van der Waals surface area contributed by atoms with Gasteiger partial charge in [0.2, 0.25) is 0 Å². The van der Waals surface area contributed by atoms with Crippen molar-refractivity contribution in [3.05, 3.63) is 0 Å². The second kappa shape index (κ2) is 35.7. The van der Waals surface area contributed by atoms with Crippen LogP contribution >= 0.6 is 0 Å². The van der Waals surface area contributed by atoms with Gasteiger partial charge in [-0.05, 0) is 38.8 Å². The van der Waals surface area contributed by atoms with Crippen LogP contribution in [0.3, 0.4) is 0 Å². The summed E-state index contributed by atoms with van der Waals surface area (Å²) in [6, 6.07) is 0. The Morgan fingerprint density at radius 3 is 1.27 bits per heavy atom. The average molecular weight is 627 g/mol. The summed E-state index contributed by atoms with van der Waals surface area (Å²) in [5.74, 6) is 0. The van der Waals surface area contributed by atoms with E-state index in [-0.39, 0.29) is 6.10 Å². The van der Waals surface area contributed by atoms with Crippen LogP contribution in [0.5, 0.6) is 0 Å². The van der Waals surface area contributed by atoms with Gasteiger partial charge in [-0.1, -0.05) is 155 Å². The fourth-order valence-corrected chi connectivity index (χ4v) is 6.50.